The van der Waals surface area contributed by atoms with Gasteiger partial charge in [0.1, 0.15) is 5.82 Å². The number of nitrogen functional groups attached to an aromatic ring is 1. The molecule has 0 radical (unpaired) electrons. The van der Waals surface area contributed by atoms with Crippen LogP contribution >= 0.6 is 11.6 Å². The van der Waals surface area contributed by atoms with E-state index in [1.807, 2.05) is 18.2 Å². The molecule has 0 saturated carbocycles. The number of rotatable bonds is 6. The van der Waals surface area contributed by atoms with Crippen molar-refractivity contribution in [3.63, 3.8) is 0 Å². The second-order valence-corrected chi connectivity index (χ2v) is 8.06. The first-order valence-corrected chi connectivity index (χ1v) is 10.7. The summed E-state index contributed by atoms with van der Waals surface area (Å²) in [6.07, 6.45) is -3.80. The Balaban J connectivity index is 1.45. The van der Waals surface area contributed by atoms with Crippen LogP contribution in [0.15, 0.2) is 78.9 Å². The molecule has 5 nitrogen and oxygen atoms in total. The molecule has 0 spiro atoms. The number of amides is 1. The van der Waals surface area contributed by atoms with Gasteiger partial charge in [-0.3, -0.25) is 4.79 Å². The van der Waals surface area contributed by atoms with E-state index < -0.39 is 11.7 Å². The van der Waals surface area contributed by atoms with Gasteiger partial charge < -0.3 is 11.1 Å². The summed E-state index contributed by atoms with van der Waals surface area (Å²) in [6, 6.07) is 20.5. The van der Waals surface area contributed by atoms with Gasteiger partial charge in [0, 0.05) is 28.8 Å². The molecular weight excluding hydrogens is 465 g/mol. The van der Waals surface area contributed by atoms with E-state index in [0.717, 1.165) is 17.7 Å². The van der Waals surface area contributed by atoms with E-state index >= 15 is 0 Å². The van der Waals surface area contributed by atoms with Crippen molar-refractivity contribution in [3.05, 3.63) is 101 Å². The van der Waals surface area contributed by atoms with Crippen LogP contribution in [0.4, 0.5) is 19.0 Å². The number of carbonyl (C=O) groups excluding carboxylic acids is 1. The number of carbonyl (C=O) groups is 1. The number of nitrogens with one attached hydrogen (secondary N) is 1. The Morgan fingerprint density at radius 2 is 1.74 bits per heavy atom. The molecule has 0 fully saturated rings. The number of aromatic nitrogens is 2. The Morgan fingerprint density at radius 3 is 2.44 bits per heavy atom. The van der Waals surface area contributed by atoms with Gasteiger partial charge in [-0.1, -0.05) is 35.9 Å². The molecule has 1 aromatic heterocycles. The number of hydrogen-bond acceptors (Lipinski definition) is 3. The lowest BCUT2D eigenvalue weighted by atomic mass is 10.1. The maximum Gasteiger partial charge on any atom is 0.416 e. The first-order chi connectivity index (χ1) is 16.2. The normalized spacial score (nSPS) is 11.4. The van der Waals surface area contributed by atoms with Crippen LogP contribution in [0.2, 0.25) is 5.02 Å². The van der Waals surface area contributed by atoms with E-state index in [1.54, 1.807) is 30.3 Å². The fourth-order valence-electron chi connectivity index (χ4n) is 3.47. The maximum atomic E-state index is 13.0. The molecule has 0 unspecified atom stereocenters. The van der Waals surface area contributed by atoms with Crippen LogP contribution in [0.5, 0.6) is 0 Å². The summed E-state index contributed by atoms with van der Waals surface area (Å²) in [5, 5.41) is 7.86. The summed E-state index contributed by atoms with van der Waals surface area (Å²) in [7, 11) is 0. The molecule has 1 heterocycles. The summed E-state index contributed by atoms with van der Waals surface area (Å²) in [5.41, 5.74) is 7.96. The Labute approximate surface area is 199 Å². The van der Waals surface area contributed by atoms with E-state index in [0.29, 0.717) is 40.5 Å². The van der Waals surface area contributed by atoms with Gasteiger partial charge in [0.05, 0.1) is 16.9 Å². The Bertz CT molecular complexity index is 1320. The predicted octanol–water partition coefficient (Wildman–Crippen LogP) is 5.77. The van der Waals surface area contributed by atoms with Crippen molar-refractivity contribution in [3.8, 4) is 16.9 Å². The minimum atomic E-state index is -4.45. The molecule has 3 N–H and O–H groups in total. The maximum absolute atomic E-state index is 13.0. The third kappa shape index (κ3) is 5.40. The average molecular weight is 485 g/mol. The zero-order valence-corrected chi connectivity index (χ0v) is 18.6. The fourth-order valence-corrected chi connectivity index (χ4v) is 3.68. The summed E-state index contributed by atoms with van der Waals surface area (Å²) < 4.78 is 40.5. The highest BCUT2D eigenvalue weighted by atomic mass is 35.5. The van der Waals surface area contributed by atoms with Gasteiger partial charge in [-0.25, -0.2) is 4.68 Å². The molecule has 0 aliphatic heterocycles. The number of hydrogen-bond donors (Lipinski definition) is 2. The highest BCUT2D eigenvalue weighted by Gasteiger charge is 2.30. The lowest BCUT2D eigenvalue weighted by molar-refractivity contribution is -0.137. The van der Waals surface area contributed by atoms with E-state index in [1.165, 1.54) is 22.9 Å². The van der Waals surface area contributed by atoms with Gasteiger partial charge in [-0.05, 0) is 60.5 Å². The number of anilines is 1. The van der Waals surface area contributed by atoms with Gasteiger partial charge >= 0.3 is 6.18 Å². The molecule has 4 rings (SSSR count). The van der Waals surface area contributed by atoms with Crippen molar-refractivity contribution in [1.82, 2.24) is 15.1 Å². The Morgan fingerprint density at radius 1 is 1.00 bits per heavy atom. The number of nitrogens with zero attached hydrogens (tertiary/aromatic N) is 2. The first kappa shape index (κ1) is 23.4. The molecule has 0 atom stereocenters. The van der Waals surface area contributed by atoms with Gasteiger partial charge in [0.25, 0.3) is 5.91 Å². The van der Waals surface area contributed by atoms with Crippen molar-refractivity contribution >= 4 is 23.3 Å². The highest BCUT2D eigenvalue weighted by molar-refractivity contribution is 6.30. The molecule has 1 amide bonds. The van der Waals surface area contributed by atoms with E-state index in [-0.39, 0.29) is 11.7 Å². The van der Waals surface area contributed by atoms with Crippen molar-refractivity contribution in [2.75, 3.05) is 12.3 Å². The summed E-state index contributed by atoms with van der Waals surface area (Å²) >= 11 is 5.97. The summed E-state index contributed by atoms with van der Waals surface area (Å²) in [6.45, 7) is 0.452. The summed E-state index contributed by atoms with van der Waals surface area (Å²) in [5.74, 6) is 0.0257. The minimum Gasteiger partial charge on any atom is -0.384 e. The van der Waals surface area contributed by atoms with Crippen LogP contribution in [0.1, 0.15) is 21.5 Å². The fraction of sp³-hybridized carbons (Fsp3) is 0.120. The average Bonchev–Trinajstić information content (AvgIpc) is 3.20. The number of halogens is 4. The zero-order valence-electron chi connectivity index (χ0n) is 17.8. The van der Waals surface area contributed by atoms with Crippen LogP contribution in [0.25, 0.3) is 16.9 Å². The van der Waals surface area contributed by atoms with Crippen molar-refractivity contribution in [2.24, 2.45) is 0 Å². The Hall–Kier alpha value is -3.78. The molecule has 174 valence electrons. The van der Waals surface area contributed by atoms with E-state index in [4.69, 9.17) is 17.3 Å². The zero-order chi connectivity index (χ0) is 24.3. The molecule has 0 saturated heterocycles. The smallest absolute Gasteiger partial charge is 0.384 e. The first-order valence-electron chi connectivity index (χ1n) is 10.4. The largest absolute Gasteiger partial charge is 0.416 e. The molecular formula is C25H20ClF3N4O. The van der Waals surface area contributed by atoms with Crippen molar-refractivity contribution < 1.29 is 18.0 Å². The molecule has 0 aliphatic rings. The molecule has 4 aromatic rings. The lowest BCUT2D eigenvalue weighted by Gasteiger charge is -2.08. The molecule has 0 aliphatic carbocycles. The summed E-state index contributed by atoms with van der Waals surface area (Å²) in [4.78, 5) is 12.4. The predicted molar refractivity (Wildman–Crippen MR) is 126 cm³/mol. The van der Waals surface area contributed by atoms with E-state index in [2.05, 4.69) is 10.4 Å². The third-order valence-electron chi connectivity index (χ3n) is 5.18. The van der Waals surface area contributed by atoms with Gasteiger partial charge in [-0.15, -0.1) is 0 Å². The standard InChI is InChI=1S/C25H20ClF3N4O/c26-20-6-1-3-16(13-20)11-12-31-24(34)17-7-9-21(10-8-17)33-23(30)15-22(32-33)18-4-2-5-19(14-18)25(27,28)29/h1-10,13-15H,11-12,30H2,(H,31,34). The lowest BCUT2D eigenvalue weighted by Crippen LogP contribution is -2.25. The van der Waals surface area contributed by atoms with Crippen LogP contribution in [0.3, 0.4) is 0 Å². The number of benzene rings is 3. The number of alkyl halides is 3. The van der Waals surface area contributed by atoms with E-state index in [9.17, 15) is 18.0 Å². The van der Waals surface area contributed by atoms with Crippen LogP contribution in [-0.4, -0.2) is 22.2 Å². The highest BCUT2D eigenvalue weighted by Crippen LogP contribution is 2.32. The van der Waals surface area contributed by atoms with Crippen LogP contribution in [0, 0.1) is 0 Å². The topological polar surface area (TPSA) is 72.9 Å². The minimum absolute atomic E-state index is 0.230. The second-order valence-electron chi connectivity index (χ2n) is 7.63. The monoisotopic (exact) mass is 484 g/mol. The van der Waals surface area contributed by atoms with Crippen molar-refractivity contribution in [2.45, 2.75) is 12.6 Å². The van der Waals surface area contributed by atoms with Crippen LogP contribution in [-0.2, 0) is 12.6 Å². The van der Waals surface area contributed by atoms with Gasteiger partial charge in [0.15, 0.2) is 0 Å². The second kappa shape index (κ2) is 9.61. The SMILES string of the molecule is Nc1cc(-c2cccc(C(F)(F)F)c2)nn1-c1ccc(C(=O)NCCc2cccc(Cl)c2)cc1. The molecule has 34 heavy (non-hydrogen) atoms. The van der Waals surface area contributed by atoms with Gasteiger partial charge in [0.2, 0.25) is 0 Å². The van der Waals surface area contributed by atoms with Crippen LogP contribution < -0.4 is 11.1 Å². The Kier molecular flexibility index (Phi) is 6.61. The molecule has 9 heteroatoms. The third-order valence-corrected chi connectivity index (χ3v) is 5.42. The van der Waals surface area contributed by atoms with Gasteiger partial charge in [-0.2, -0.15) is 18.3 Å². The molecule has 0 bridgehead atoms. The quantitative estimate of drug-likeness (QED) is 0.365. The van der Waals surface area contributed by atoms with Crippen molar-refractivity contribution in [1.29, 1.82) is 0 Å². The molecule has 3 aromatic carbocycles. The number of nitrogens with two attached hydrogens (primary N) is 1.